The molecule has 3 rings (SSSR count). The molecule has 0 amide bonds. The number of benzene rings is 2. The van der Waals surface area contributed by atoms with Gasteiger partial charge in [-0.3, -0.25) is 9.59 Å². The number of carbonyl (C=O) groups excluding carboxylic acids is 2. The first kappa shape index (κ1) is 30.4. The summed E-state index contributed by atoms with van der Waals surface area (Å²) in [5.41, 5.74) is 3.64. The number of hydrogen-bond acceptors (Lipinski definition) is 4. The van der Waals surface area contributed by atoms with Crippen LogP contribution in [0.5, 0.6) is 11.5 Å². The Morgan fingerprint density at radius 1 is 0.474 bits per heavy atom. The largest absolute Gasteiger partial charge is 0.542 e. The molecule has 0 aliphatic heterocycles. The lowest BCUT2D eigenvalue weighted by molar-refractivity contribution is 0.0975. The highest BCUT2D eigenvalue weighted by Crippen LogP contribution is 2.49. The molecule has 0 bridgehead atoms. The SMILES string of the molecule is CC(C)[Si](Oc1ccc(O[Si](C(C)C)(C(C)C)C(C)C)c2c1C(=O)c1ccccc1C2=O)(C(C)C)C(C)C. The van der Waals surface area contributed by atoms with Gasteiger partial charge >= 0.3 is 0 Å². The Labute approximate surface area is 232 Å². The average Bonchev–Trinajstić information content (AvgIpc) is 2.82. The van der Waals surface area contributed by atoms with Crippen LogP contribution in [0.1, 0.15) is 115 Å². The Kier molecular flexibility index (Phi) is 8.89. The summed E-state index contributed by atoms with van der Waals surface area (Å²) in [6, 6.07) is 11.0. The Hall–Kier alpha value is -2.19. The van der Waals surface area contributed by atoms with Crippen molar-refractivity contribution in [2.45, 2.75) is 116 Å². The van der Waals surface area contributed by atoms with Gasteiger partial charge in [-0.25, -0.2) is 0 Å². The minimum atomic E-state index is -2.38. The van der Waals surface area contributed by atoms with Crippen LogP contribution in [-0.4, -0.2) is 28.2 Å². The van der Waals surface area contributed by atoms with Gasteiger partial charge in [0.05, 0.1) is 11.1 Å². The van der Waals surface area contributed by atoms with Crippen LogP contribution in [0.25, 0.3) is 0 Å². The Morgan fingerprint density at radius 3 is 0.974 bits per heavy atom. The van der Waals surface area contributed by atoms with Gasteiger partial charge in [0, 0.05) is 11.1 Å². The van der Waals surface area contributed by atoms with Crippen molar-refractivity contribution < 1.29 is 18.4 Å². The highest BCUT2D eigenvalue weighted by molar-refractivity contribution is 6.79. The van der Waals surface area contributed by atoms with Crippen molar-refractivity contribution in [2.24, 2.45) is 0 Å². The van der Waals surface area contributed by atoms with E-state index in [9.17, 15) is 9.59 Å². The third-order valence-electron chi connectivity index (χ3n) is 8.99. The molecular formula is C32H48O4Si2. The molecule has 0 aromatic heterocycles. The molecule has 4 nitrogen and oxygen atoms in total. The topological polar surface area (TPSA) is 52.6 Å². The van der Waals surface area contributed by atoms with Gasteiger partial charge in [-0.15, -0.1) is 0 Å². The first-order chi connectivity index (χ1) is 17.6. The molecule has 208 valence electrons. The Balaban J connectivity index is 2.35. The van der Waals surface area contributed by atoms with Crippen LogP contribution in [0.4, 0.5) is 0 Å². The van der Waals surface area contributed by atoms with Crippen LogP contribution in [0.15, 0.2) is 36.4 Å². The third kappa shape index (κ3) is 4.72. The van der Waals surface area contributed by atoms with Crippen molar-refractivity contribution in [2.75, 3.05) is 0 Å². The van der Waals surface area contributed by atoms with Crippen molar-refractivity contribution >= 4 is 28.2 Å². The first-order valence-electron chi connectivity index (χ1n) is 14.4. The quantitative estimate of drug-likeness (QED) is 0.235. The van der Waals surface area contributed by atoms with E-state index in [0.717, 1.165) is 0 Å². The molecule has 0 saturated carbocycles. The molecule has 2 aromatic carbocycles. The van der Waals surface area contributed by atoms with Crippen LogP contribution >= 0.6 is 0 Å². The first-order valence-corrected chi connectivity index (χ1v) is 18.7. The van der Waals surface area contributed by atoms with Crippen molar-refractivity contribution in [3.63, 3.8) is 0 Å². The normalized spacial score (nSPS) is 14.3. The second-order valence-electron chi connectivity index (χ2n) is 12.9. The van der Waals surface area contributed by atoms with E-state index in [1.807, 2.05) is 24.3 Å². The lowest BCUT2D eigenvalue weighted by Crippen LogP contribution is -2.51. The number of carbonyl (C=O) groups is 2. The molecule has 0 spiro atoms. The fraction of sp³-hybridized carbons (Fsp3) is 0.562. The highest BCUT2D eigenvalue weighted by Gasteiger charge is 2.50. The van der Waals surface area contributed by atoms with Crippen LogP contribution in [0.3, 0.4) is 0 Å². The molecule has 1 aliphatic carbocycles. The van der Waals surface area contributed by atoms with Gasteiger partial charge in [-0.05, 0) is 45.4 Å². The van der Waals surface area contributed by atoms with Crippen molar-refractivity contribution in [1.82, 2.24) is 0 Å². The van der Waals surface area contributed by atoms with Gasteiger partial charge in [0.2, 0.25) is 0 Å². The summed E-state index contributed by atoms with van der Waals surface area (Å²) in [6.07, 6.45) is 0. The number of fused-ring (bicyclic) bond motifs is 2. The lowest BCUT2D eigenvalue weighted by atomic mass is 9.83. The standard InChI is InChI=1S/C32H48O4Si2/c1-19(2)37(20(3)4,21(5)6)35-27-17-18-28(36-38(22(7)8,23(9)10)24(11)12)30-29(27)31(33)25-15-13-14-16-26(25)32(30)34/h13-24H,1-12H3. The zero-order valence-corrected chi connectivity index (χ0v) is 27.6. The third-order valence-corrected chi connectivity index (χ3v) is 21.0. The van der Waals surface area contributed by atoms with E-state index in [1.54, 1.807) is 12.1 Å². The molecule has 0 radical (unpaired) electrons. The van der Waals surface area contributed by atoms with E-state index in [-0.39, 0.29) is 11.6 Å². The van der Waals surface area contributed by atoms with Crippen LogP contribution in [-0.2, 0) is 0 Å². The summed E-state index contributed by atoms with van der Waals surface area (Å²) in [5, 5.41) is 0. The fourth-order valence-electron chi connectivity index (χ4n) is 7.42. The van der Waals surface area contributed by atoms with Gasteiger partial charge in [-0.2, -0.15) is 0 Å². The van der Waals surface area contributed by atoms with Crippen molar-refractivity contribution in [3.05, 3.63) is 58.7 Å². The van der Waals surface area contributed by atoms with Gasteiger partial charge in [0.25, 0.3) is 16.6 Å². The molecule has 1 aliphatic rings. The van der Waals surface area contributed by atoms with E-state index in [4.69, 9.17) is 8.85 Å². The molecule has 0 saturated heterocycles. The molecule has 0 fully saturated rings. The maximum absolute atomic E-state index is 14.1. The molecule has 0 unspecified atom stereocenters. The second-order valence-corrected chi connectivity index (χ2v) is 23.6. The summed E-state index contributed by atoms with van der Waals surface area (Å²) in [7, 11) is -4.77. The number of rotatable bonds is 10. The fourth-order valence-corrected chi connectivity index (χ4v) is 17.9. The zero-order chi connectivity index (χ0) is 28.7. The molecular weight excluding hydrogens is 505 g/mol. The van der Waals surface area contributed by atoms with Crippen LogP contribution in [0.2, 0.25) is 33.2 Å². The minimum Gasteiger partial charge on any atom is -0.542 e. The van der Waals surface area contributed by atoms with Crippen LogP contribution in [0, 0.1) is 0 Å². The van der Waals surface area contributed by atoms with Crippen LogP contribution < -0.4 is 8.85 Å². The van der Waals surface area contributed by atoms with E-state index in [0.29, 0.717) is 67.0 Å². The molecule has 0 heterocycles. The molecule has 0 atom stereocenters. The average molecular weight is 553 g/mol. The van der Waals surface area contributed by atoms with E-state index in [1.165, 1.54) is 0 Å². The van der Waals surface area contributed by atoms with Crippen molar-refractivity contribution in [1.29, 1.82) is 0 Å². The smallest absolute Gasteiger partial charge is 0.258 e. The predicted octanol–water partition coefficient (Wildman–Crippen LogP) is 9.57. The minimum absolute atomic E-state index is 0.152. The van der Waals surface area contributed by atoms with Gasteiger partial charge < -0.3 is 8.85 Å². The van der Waals surface area contributed by atoms with Crippen molar-refractivity contribution in [3.8, 4) is 11.5 Å². The monoisotopic (exact) mass is 552 g/mol. The number of ketones is 2. The number of hydrogen-bond donors (Lipinski definition) is 0. The van der Waals surface area contributed by atoms with Gasteiger partial charge in [0.1, 0.15) is 11.5 Å². The summed E-state index contributed by atoms with van der Waals surface area (Å²) in [5.74, 6) is 0.768. The van der Waals surface area contributed by atoms with Gasteiger partial charge in [-0.1, -0.05) is 107 Å². The summed E-state index contributed by atoms with van der Waals surface area (Å²) < 4.78 is 14.1. The maximum atomic E-state index is 14.1. The summed E-state index contributed by atoms with van der Waals surface area (Å²) in [6.45, 7) is 26.7. The maximum Gasteiger partial charge on any atom is 0.258 e. The molecule has 2 aromatic rings. The second kappa shape index (κ2) is 11.1. The van der Waals surface area contributed by atoms with E-state index >= 15 is 0 Å². The molecule has 38 heavy (non-hydrogen) atoms. The highest BCUT2D eigenvalue weighted by atomic mass is 28.4. The van der Waals surface area contributed by atoms with E-state index in [2.05, 4.69) is 83.1 Å². The summed E-state index contributed by atoms with van der Waals surface area (Å²) in [4.78, 5) is 28.3. The lowest BCUT2D eigenvalue weighted by Gasteiger charge is -2.44. The zero-order valence-electron chi connectivity index (χ0n) is 25.6. The van der Waals surface area contributed by atoms with Gasteiger partial charge in [0.15, 0.2) is 11.6 Å². The Bertz CT molecular complexity index is 1060. The summed E-state index contributed by atoms with van der Waals surface area (Å²) >= 11 is 0. The molecule has 0 N–H and O–H groups in total. The molecule has 6 heteroatoms. The Morgan fingerprint density at radius 2 is 0.737 bits per heavy atom. The van der Waals surface area contributed by atoms with E-state index < -0.39 is 16.6 Å². The predicted molar refractivity (Wildman–Crippen MR) is 163 cm³/mol.